The van der Waals surface area contributed by atoms with Gasteiger partial charge in [0.25, 0.3) is 5.91 Å². The van der Waals surface area contributed by atoms with E-state index in [1.165, 1.54) is 35.2 Å². The second kappa shape index (κ2) is 7.32. The topological polar surface area (TPSA) is 54.5 Å². The first-order valence-electron chi connectivity index (χ1n) is 7.25. The Hall–Kier alpha value is -1.92. The van der Waals surface area contributed by atoms with Gasteiger partial charge >= 0.3 is 0 Å². The number of sulfone groups is 1. The first-order valence-corrected chi connectivity index (χ1v) is 9.52. The molecule has 0 N–H and O–H groups in total. The highest BCUT2D eigenvalue weighted by Gasteiger charge is 2.19. The molecular formula is C17H17ClFNO3S. The van der Waals surface area contributed by atoms with E-state index in [-0.39, 0.29) is 33.8 Å². The van der Waals surface area contributed by atoms with Crippen LogP contribution in [0.15, 0.2) is 47.4 Å². The lowest BCUT2D eigenvalue weighted by Gasteiger charge is -2.21. The van der Waals surface area contributed by atoms with Crippen LogP contribution >= 0.6 is 11.6 Å². The van der Waals surface area contributed by atoms with Gasteiger partial charge in [0.05, 0.1) is 9.92 Å². The minimum absolute atomic E-state index is 0.0715. The molecule has 0 saturated carbocycles. The van der Waals surface area contributed by atoms with E-state index in [1.807, 2.05) is 0 Å². The van der Waals surface area contributed by atoms with Gasteiger partial charge in [0.2, 0.25) is 0 Å². The van der Waals surface area contributed by atoms with E-state index < -0.39 is 9.84 Å². The molecule has 0 spiro atoms. The Morgan fingerprint density at radius 1 is 1.21 bits per heavy atom. The fourth-order valence-corrected chi connectivity index (χ4v) is 3.59. The van der Waals surface area contributed by atoms with E-state index in [4.69, 9.17) is 11.6 Å². The molecule has 0 atom stereocenters. The summed E-state index contributed by atoms with van der Waals surface area (Å²) in [5.74, 6) is -0.717. The predicted octanol–water partition coefficient (Wildman–Crippen LogP) is 3.54. The molecule has 2 rings (SSSR count). The predicted molar refractivity (Wildman–Crippen MR) is 91.4 cm³/mol. The van der Waals surface area contributed by atoms with Gasteiger partial charge in [0, 0.05) is 24.9 Å². The molecule has 2 aromatic rings. The maximum absolute atomic E-state index is 13.3. The Morgan fingerprint density at radius 2 is 1.92 bits per heavy atom. The van der Waals surface area contributed by atoms with Crippen molar-refractivity contribution in [3.05, 3.63) is 64.4 Å². The van der Waals surface area contributed by atoms with Crippen LogP contribution in [-0.4, -0.2) is 32.0 Å². The Morgan fingerprint density at radius 3 is 2.50 bits per heavy atom. The Bertz CT molecular complexity index is 868. The highest BCUT2D eigenvalue weighted by atomic mass is 35.5. The van der Waals surface area contributed by atoms with Gasteiger partial charge in [-0.3, -0.25) is 4.79 Å². The van der Waals surface area contributed by atoms with Crippen LogP contribution in [0.4, 0.5) is 4.39 Å². The minimum Gasteiger partial charge on any atom is -0.335 e. The molecule has 0 fully saturated rings. The molecule has 0 aliphatic rings. The standard InChI is InChI=1S/C17H17ClFNO3S/c1-3-20(11-12-5-4-6-14(19)9-12)17(21)13-7-8-15(18)16(10-13)24(2,22)23/h4-10H,3,11H2,1-2H3. The molecule has 0 aliphatic heterocycles. The minimum atomic E-state index is -3.54. The summed E-state index contributed by atoms with van der Waals surface area (Å²) in [6, 6.07) is 10.1. The number of nitrogens with zero attached hydrogens (tertiary/aromatic N) is 1. The van der Waals surface area contributed by atoms with Crippen molar-refractivity contribution in [2.45, 2.75) is 18.4 Å². The van der Waals surface area contributed by atoms with Crippen molar-refractivity contribution in [1.29, 1.82) is 0 Å². The number of benzene rings is 2. The number of rotatable bonds is 5. The van der Waals surface area contributed by atoms with Crippen molar-refractivity contribution in [3.63, 3.8) is 0 Å². The van der Waals surface area contributed by atoms with Crippen LogP contribution in [0, 0.1) is 5.82 Å². The summed E-state index contributed by atoms with van der Waals surface area (Å²) in [4.78, 5) is 14.1. The van der Waals surface area contributed by atoms with Crippen molar-refractivity contribution < 1.29 is 17.6 Å². The second-order valence-electron chi connectivity index (χ2n) is 5.37. The summed E-state index contributed by atoms with van der Waals surface area (Å²) in [5.41, 5.74) is 0.876. The summed E-state index contributed by atoms with van der Waals surface area (Å²) in [5, 5.41) is 0.0715. The molecule has 4 nitrogen and oxygen atoms in total. The molecule has 0 bridgehead atoms. The van der Waals surface area contributed by atoms with Gasteiger partial charge in [0.15, 0.2) is 9.84 Å². The average molecular weight is 370 g/mol. The van der Waals surface area contributed by atoms with E-state index in [1.54, 1.807) is 19.1 Å². The summed E-state index contributed by atoms with van der Waals surface area (Å²) in [7, 11) is -3.54. The zero-order valence-electron chi connectivity index (χ0n) is 13.3. The summed E-state index contributed by atoms with van der Waals surface area (Å²) in [6.07, 6.45) is 1.03. The molecule has 0 aromatic heterocycles. The maximum Gasteiger partial charge on any atom is 0.254 e. The zero-order chi connectivity index (χ0) is 17.9. The van der Waals surface area contributed by atoms with Crippen LogP contribution in [0.3, 0.4) is 0 Å². The molecule has 2 aromatic carbocycles. The van der Waals surface area contributed by atoms with E-state index in [0.29, 0.717) is 12.1 Å². The third-order valence-corrected chi connectivity index (χ3v) is 5.09. The Labute approximate surface area is 145 Å². The Kier molecular flexibility index (Phi) is 5.62. The van der Waals surface area contributed by atoms with Gasteiger partial charge in [-0.25, -0.2) is 12.8 Å². The van der Waals surface area contributed by atoms with Crippen molar-refractivity contribution >= 4 is 27.3 Å². The molecule has 0 unspecified atom stereocenters. The highest BCUT2D eigenvalue weighted by Crippen LogP contribution is 2.23. The van der Waals surface area contributed by atoms with Crippen molar-refractivity contribution in [2.75, 3.05) is 12.8 Å². The number of hydrogen-bond donors (Lipinski definition) is 0. The largest absolute Gasteiger partial charge is 0.335 e. The number of halogens is 2. The van der Waals surface area contributed by atoms with Gasteiger partial charge in [-0.05, 0) is 42.8 Å². The van der Waals surface area contributed by atoms with Gasteiger partial charge < -0.3 is 4.90 Å². The SMILES string of the molecule is CCN(Cc1cccc(F)c1)C(=O)c1ccc(Cl)c(S(C)(=O)=O)c1. The highest BCUT2D eigenvalue weighted by molar-refractivity contribution is 7.90. The van der Waals surface area contributed by atoms with Crippen LogP contribution in [-0.2, 0) is 16.4 Å². The van der Waals surface area contributed by atoms with Crippen LogP contribution in [0.2, 0.25) is 5.02 Å². The lowest BCUT2D eigenvalue weighted by atomic mass is 10.1. The smallest absolute Gasteiger partial charge is 0.254 e. The normalized spacial score (nSPS) is 11.3. The van der Waals surface area contributed by atoms with Crippen molar-refractivity contribution in [2.24, 2.45) is 0 Å². The Balaban J connectivity index is 2.32. The van der Waals surface area contributed by atoms with E-state index in [0.717, 1.165) is 6.26 Å². The van der Waals surface area contributed by atoms with E-state index in [2.05, 4.69) is 0 Å². The fourth-order valence-electron chi connectivity index (χ4n) is 2.29. The lowest BCUT2D eigenvalue weighted by Crippen LogP contribution is -2.30. The molecule has 0 heterocycles. The maximum atomic E-state index is 13.3. The monoisotopic (exact) mass is 369 g/mol. The lowest BCUT2D eigenvalue weighted by molar-refractivity contribution is 0.0752. The van der Waals surface area contributed by atoms with Gasteiger partial charge in [-0.1, -0.05) is 23.7 Å². The molecule has 1 amide bonds. The number of carbonyl (C=O) groups is 1. The van der Waals surface area contributed by atoms with Crippen LogP contribution < -0.4 is 0 Å². The number of hydrogen-bond acceptors (Lipinski definition) is 3. The third kappa shape index (κ3) is 4.33. The van der Waals surface area contributed by atoms with Gasteiger partial charge in [0.1, 0.15) is 5.82 Å². The average Bonchev–Trinajstić information content (AvgIpc) is 2.51. The fraction of sp³-hybridized carbons (Fsp3) is 0.235. The molecule has 128 valence electrons. The van der Waals surface area contributed by atoms with Gasteiger partial charge in [-0.2, -0.15) is 0 Å². The number of carbonyl (C=O) groups excluding carboxylic acids is 1. The summed E-state index contributed by atoms with van der Waals surface area (Å²) >= 11 is 5.90. The van der Waals surface area contributed by atoms with Crippen molar-refractivity contribution in [3.8, 4) is 0 Å². The molecule has 0 aliphatic carbocycles. The van der Waals surface area contributed by atoms with E-state index >= 15 is 0 Å². The number of amides is 1. The second-order valence-corrected chi connectivity index (χ2v) is 7.76. The first kappa shape index (κ1) is 18.4. The van der Waals surface area contributed by atoms with Crippen molar-refractivity contribution in [1.82, 2.24) is 4.90 Å². The van der Waals surface area contributed by atoms with Crippen LogP contribution in [0.5, 0.6) is 0 Å². The van der Waals surface area contributed by atoms with E-state index in [9.17, 15) is 17.6 Å². The first-order chi connectivity index (χ1) is 11.2. The molecular weight excluding hydrogens is 353 g/mol. The van der Waals surface area contributed by atoms with Crippen LogP contribution in [0.1, 0.15) is 22.8 Å². The summed E-state index contributed by atoms with van der Waals surface area (Å²) < 4.78 is 36.8. The van der Waals surface area contributed by atoms with Gasteiger partial charge in [-0.15, -0.1) is 0 Å². The summed E-state index contributed by atoms with van der Waals surface area (Å²) in [6.45, 7) is 2.42. The molecule has 0 radical (unpaired) electrons. The van der Waals surface area contributed by atoms with Crippen LogP contribution in [0.25, 0.3) is 0 Å². The quantitative estimate of drug-likeness (QED) is 0.810. The zero-order valence-corrected chi connectivity index (χ0v) is 14.9. The molecule has 24 heavy (non-hydrogen) atoms. The molecule has 7 heteroatoms. The third-order valence-electron chi connectivity index (χ3n) is 3.51. The molecule has 0 saturated heterocycles.